The second kappa shape index (κ2) is 9.18. The minimum Gasteiger partial charge on any atom is -0.493 e. The summed E-state index contributed by atoms with van der Waals surface area (Å²) in [6, 6.07) is 12.1. The molecule has 4 aromatic rings. The van der Waals surface area contributed by atoms with Gasteiger partial charge < -0.3 is 19.3 Å². The Morgan fingerprint density at radius 2 is 1.85 bits per heavy atom. The summed E-state index contributed by atoms with van der Waals surface area (Å²) in [6.45, 7) is -0.158. The smallest absolute Gasteiger partial charge is 0.307 e. The van der Waals surface area contributed by atoms with E-state index < -0.39 is 4.92 Å². The minimum atomic E-state index is -0.575. The molecule has 33 heavy (non-hydrogen) atoms. The number of carbonyl (C=O) groups is 1. The third-order valence-electron chi connectivity index (χ3n) is 4.62. The van der Waals surface area contributed by atoms with Crippen LogP contribution in [0.4, 0.5) is 11.4 Å². The molecule has 12 nitrogen and oxygen atoms in total. The largest absolute Gasteiger partial charge is 0.493 e. The molecule has 0 saturated heterocycles. The first-order chi connectivity index (χ1) is 16.0. The number of amides is 1. The molecule has 1 N–H and O–H groups in total. The van der Waals surface area contributed by atoms with Crippen LogP contribution < -0.4 is 14.8 Å². The number of nitro groups is 1. The maximum absolute atomic E-state index is 12.2. The van der Waals surface area contributed by atoms with E-state index in [0.717, 1.165) is 6.20 Å². The predicted molar refractivity (Wildman–Crippen MR) is 116 cm³/mol. The number of rotatable bonds is 8. The molecular formula is C21H18N6O6. The van der Waals surface area contributed by atoms with E-state index in [0.29, 0.717) is 40.0 Å². The monoisotopic (exact) mass is 450 g/mol. The van der Waals surface area contributed by atoms with E-state index >= 15 is 0 Å². The first-order valence-corrected chi connectivity index (χ1v) is 9.60. The summed E-state index contributed by atoms with van der Waals surface area (Å²) in [5, 5.41) is 21.2. The van der Waals surface area contributed by atoms with Crippen molar-refractivity contribution in [2.75, 3.05) is 19.5 Å². The van der Waals surface area contributed by atoms with Crippen LogP contribution in [0, 0.1) is 10.1 Å². The van der Waals surface area contributed by atoms with Crippen molar-refractivity contribution in [1.82, 2.24) is 19.9 Å². The van der Waals surface area contributed by atoms with Gasteiger partial charge in [-0.25, -0.2) is 0 Å². The molecular weight excluding hydrogens is 432 g/mol. The molecule has 168 valence electrons. The number of ether oxygens (including phenoxy) is 2. The zero-order valence-corrected chi connectivity index (χ0v) is 17.6. The number of anilines is 1. The molecule has 0 aliphatic carbocycles. The van der Waals surface area contributed by atoms with Gasteiger partial charge in [0.15, 0.2) is 11.5 Å². The molecule has 2 aromatic heterocycles. The second-order valence-electron chi connectivity index (χ2n) is 6.77. The van der Waals surface area contributed by atoms with Crippen molar-refractivity contribution >= 4 is 17.3 Å². The van der Waals surface area contributed by atoms with Crippen LogP contribution in [-0.2, 0) is 11.3 Å². The van der Waals surface area contributed by atoms with Gasteiger partial charge in [0.1, 0.15) is 18.9 Å². The maximum atomic E-state index is 12.2. The molecule has 4 rings (SSSR count). The van der Waals surface area contributed by atoms with Crippen molar-refractivity contribution in [2.24, 2.45) is 0 Å². The molecule has 0 radical (unpaired) electrons. The highest BCUT2D eigenvalue weighted by Gasteiger charge is 2.14. The lowest BCUT2D eigenvalue weighted by molar-refractivity contribution is -0.385. The van der Waals surface area contributed by atoms with Gasteiger partial charge in [0.25, 0.3) is 5.89 Å². The Bertz CT molecular complexity index is 1300. The summed E-state index contributed by atoms with van der Waals surface area (Å²) in [7, 11) is 3.10. The van der Waals surface area contributed by atoms with Gasteiger partial charge in [-0.2, -0.15) is 10.1 Å². The zero-order chi connectivity index (χ0) is 23.4. The van der Waals surface area contributed by atoms with Crippen molar-refractivity contribution in [2.45, 2.75) is 6.54 Å². The Labute approximate surface area is 186 Å². The van der Waals surface area contributed by atoms with Crippen LogP contribution in [0.15, 0.2) is 59.4 Å². The Morgan fingerprint density at radius 1 is 1.12 bits per heavy atom. The topological polar surface area (TPSA) is 147 Å². The second-order valence-corrected chi connectivity index (χ2v) is 6.77. The van der Waals surface area contributed by atoms with Gasteiger partial charge in [-0.1, -0.05) is 5.16 Å². The van der Waals surface area contributed by atoms with E-state index in [1.807, 2.05) is 0 Å². The average Bonchev–Trinajstić information content (AvgIpc) is 3.49. The van der Waals surface area contributed by atoms with Crippen molar-refractivity contribution in [3.05, 3.63) is 65.0 Å². The van der Waals surface area contributed by atoms with Gasteiger partial charge in [-0.3, -0.25) is 19.6 Å². The summed E-state index contributed by atoms with van der Waals surface area (Å²) in [4.78, 5) is 26.7. The summed E-state index contributed by atoms with van der Waals surface area (Å²) in [5.74, 6) is 1.44. The van der Waals surface area contributed by atoms with Crippen LogP contribution in [0.25, 0.3) is 22.8 Å². The van der Waals surface area contributed by atoms with Crippen molar-refractivity contribution in [3.8, 4) is 34.3 Å². The Hall–Kier alpha value is -4.74. The highest BCUT2D eigenvalue weighted by atomic mass is 16.6. The van der Waals surface area contributed by atoms with Crippen molar-refractivity contribution in [3.63, 3.8) is 0 Å². The summed E-state index contributed by atoms with van der Waals surface area (Å²) in [6.07, 6.45) is 2.28. The Balaban J connectivity index is 1.43. The zero-order valence-electron chi connectivity index (χ0n) is 17.6. The van der Waals surface area contributed by atoms with Gasteiger partial charge in [0, 0.05) is 16.8 Å². The number of carbonyl (C=O) groups excluding carboxylic acids is 1. The van der Waals surface area contributed by atoms with E-state index in [9.17, 15) is 14.9 Å². The maximum Gasteiger partial charge on any atom is 0.307 e. The van der Waals surface area contributed by atoms with E-state index in [2.05, 4.69) is 20.6 Å². The molecule has 12 heteroatoms. The van der Waals surface area contributed by atoms with Crippen LogP contribution in [0.1, 0.15) is 0 Å². The fraction of sp³-hybridized carbons (Fsp3) is 0.143. The normalized spacial score (nSPS) is 10.6. The minimum absolute atomic E-state index is 0.158. The Morgan fingerprint density at radius 3 is 2.52 bits per heavy atom. The molecule has 1 amide bonds. The summed E-state index contributed by atoms with van der Waals surface area (Å²) in [5.41, 5.74) is 1.72. The van der Waals surface area contributed by atoms with E-state index in [-0.39, 0.29) is 18.1 Å². The van der Waals surface area contributed by atoms with Gasteiger partial charge in [0.05, 0.1) is 19.1 Å². The number of hydrogen-bond donors (Lipinski definition) is 1. The van der Waals surface area contributed by atoms with E-state index in [1.165, 1.54) is 10.9 Å². The van der Waals surface area contributed by atoms with Crippen LogP contribution in [0.5, 0.6) is 11.5 Å². The molecule has 2 aromatic carbocycles. The van der Waals surface area contributed by atoms with Gasteiger partial charge in [-0.15, -0.1) is 0 Å². The quantitative estimate of drug-likeness (QED) is 0.316. The van der Waals surface area contributed by atoms with Crippen molar-refractivity contribution < 1.29 is 23.7 Å². The third kappa shape index (κ3) is 4.79. The lowest BCUT2D eigenvalue weighted by Gasteiger charge is -2.07. The SMILES string of the molecule is COc1ccc(-c2nc(-c3ccc(NC(=O)Cn4cc([N+](=O)[O-])cn4)cc3)no2)cc1OC. The highest BCUT2D eigenvalue weighted by molar-refractivity contribution is 5.90. The molecule has 0 unspecified atom stereocenters. The summed E-state index contributed by atoms with van der Waals surface area (Å²) < 4.78 is 17.1. The molecule has 0 fully saturated rings. The van der Waals surface area contributed by atoms with E-state index in [4.69, 9.17) is 14.0 Å². The lowest BCUT2D eigenvalue weighted by atomic mass is 10.2. The number of methoxy groups -OCH3 is 2. The number of aromatic nitrogens is 4. The molecule has 0 saturated carbocycles. The van der Waals surface area contributed by atoms with Crippen LogP contribution in [0.3, 0.4) is 0 Å². The number of nitrogens with zero attached hydrogens (tertiary/aromatic N) is 5. The first kappa shape index (κ1) is 21.5. The average molecular weight is 450 g/mol. The first-order valence-electron chi connectivity index (χ1n) is 9.60. The van der Waals surface area contributed by atoms with Crippen molar-refractivity contribution in [1.29, 1.82) is 0 Å². The van der Waals surface area contributed by atoms with Gasteiger partial charge in [-0.05, 0) is 42.5 Å². The highest BCUT2D eigenvalue weighted by Crippen LogP contribution is 2.32. The molecule has 0 aliphatic rings. The molecule has 0 bridgehead atoms. The Kier molecular flexibility index (Phi) is 5.98. The molecule has 2 heterocycles. The van der Waals surface area contributed by atoms with Gasteiger partial charge >= 0.3 is 5.69 Å². The standard InChI is InChI=1S/C21H18N6O6/c1-31-17-8-5-14(9-18(17)32-2)21-24-20(25-33-21)13-3-6-15(7-4-13)23-19(28)12-26-11-16(10-22-26)27(29)30/h3-11H,12H2,1-2H3,(H,23,28). The molecule has 0 spiro atoms. The fourth-order valence-corrected chi connectivity index (χ4v) is 3.01. The molecule has 0 aliphatic heterocycles. The molecule has 0 atom stereocenters. The lowest BCUT2D eigenvalue weighted by Crippen LogP contribution is -2.18. The number of benzene rings is 2. The predicted octanol–water partition coefficient (Wildman–Crippen LogP) is 3.16. The van der Waals surface area contributed by atoms with Crippen LogP contribution >= 0.6 is 0 Å². The van der Waals surface area contributed by atoms with Crippen LogP contribution in [-0.4, -0.2) is 45.0 Å². The van der Waals surface area contributed by atoms with Crippen LogP contribution in [0.2, 0.25) is 0 Å². The number of hydrogen-bond acceptors (Lipinski definition) is 9. The fourth-order valence-electron chi connectivity index (χ4n) is 3.01. The summed E-state index contributed by atoms with van der Waals surface area (Å²) >= 11 is 0. The van der Waals surface area contributed by atoms with E-state index in [1.54, 1.807) is 56.7 Å². The number of nitrogens with one attached hydrogen (secondary N) is 1. The third-order valence-corrected chi connectivity index (χ3v) is 4.62. The van der Waals surface area contributed by atoms with Gasteiger partial charge in [0.2, 0.25) is 11.7 Å².